The van der Waals surface area contributed by atoms with E-state index in [9.17, 15) is 10.1 Å². The summed E-state index contributed by atoms with van der Waals surface area (Å²) in [7, 11) is 1.62. The third kappa shape index (κ3) is 3.42. The molecule has 3 N–H and O–H groups in total. The van der Waals surface area contributed by atoms with Crippen molar-refractivity contribution in [3.63, 3.8) is 0 Å². The Morgan fingerprint density at radius 2 is 1.90 bits per heavy atom. The lowest BCUT2D eigenvalue weighted by atomic mass is 10.1. The molecule has 0 aliphatic rings. The number of rotatable bonds is 5. The highest BCUT2D eigenvalue weighted by atomic mass is 16.6. The van der Waals surface area contributed by atoms with Gasteiger partial charge in [0.25, 0.3) is 5.69 Å². The number of nitrogen functional groups attached to an aromatic ring is 1. The zero-order valence-electron chi connectivity index (χ0n) is 11.9. The first-order valence-corrected chi connectivity index (χ1v) is 6.45. The third-order valence-corrected chi connectivity index (χ3v) is 3.22. The molecule has 0 amide bonds. The predicted molar refractivity (Wildman–Crippen MR) is 82.5 cm³/mol. The van der Waals surface area contributed by atoms with Gasteiger partial charge in [0, 0.05) is 17.8 Å². The van der Waals surface area contributed by atoms with Crippen molar-refractivity contribution in [1.29, 1.82) is 0 Å². The minimum Gasteiger partial charge on any atom is -0.497 e. The summed E-state index contributed by atoms with van der Waals surface area (Å²) in [6.07, 6.45) is 0. The molecule has 6 heteroatoms. The SMILES string of the molecule is COc1ccc(C(C)Nc2ccc([N+](=O)[O-])c(N)c2)cc1. The molecule has 0 spiro atoms. The summed E-state index contributed by atoms with van der Waals surface area (Å²) in [6, 6.07) is 12.4. The van der Waals surface area contributed by atoms with Crippen LogP contribution in [0.2, 0.25) is 0 Å². The lowest BCUT2D eigenvalue weighted by Gasteiger charge is -2.16. The highest BCUT2D eigenvalue weighted by molar-refractivity contribution is 5.66. The highest BCUT2D eigenvalue weighted by Gasteiger charge is 2.12. The number of nitro groups is 1. The molecule has 110 valence electrons. The minimum absolute atomic E-state index is 0.0387. The molecule has 6 nitrogen and oxygen atoms in total. The van der Waals surface area contributed by atoms with Crippen LogP contribution >= 0.6 is 0 Å². The third-order valence-electron chi connectivity index (χ3n) is 3.22. The van der Waals surface area contributed by atoms with Gasteiger partial charge in [-0.1, -0.05) is 12.1 Å². The van der Waals surface area contributed by atoms with Crippen LogP contribution in [0.1, 0.15) is 18.5 Å². The molecule has 21 heavy (non-hydrogen) atoms. The van der Waals surface area contributed by atoms with Crippen molar-refractivity contribution in [3.05, 3.63) is 58.1 Å². The van der Waals surface area contributed by atoms with Crippen molar-refractivity contribution in [2.75, 3.05) is 18.2 Å². The topological polar surface area (TPSA) is 90.4 Å². The second-order valence-corrected chi connectivity index (χ2v) is 4.67. The van der Waals surface area contributed by atoms with Crippen LogP contribution in [0, 0.1) is 10.1 Å². The van der Waals surface area contributed by atoms with E-state index in [1.165, 1.54) is 6.07 Å². The second-order valence-electron chi connectivity index (χ2n) is 4.67. The molecule has 0 bridgehead atoms. The molecule has 0 saturated heterocycles. The smallest absolute Gasteiger partial charge is 0.292 e. The van der Waals surface area contributed by atoms with Crippen LogP contribution in [-0.4, -0.2) is 12.0 Å². The number of nitrogens with one attached hydrogen (secondary N) is 1. The summed E-state index contributed by atoms with van der Waals surface area (Å²) in [5, 5.41) is 14.0. The number of hydrogen-bond acceptors (Lipinski definition) is 5. The Hall–Kier alpha value is -2.76. The number of nitrogens with two attached hydrogens (primary N) is 1. The fourth-order valence-corrected chi connectivity index (χ4v) is 2.04. The first-order chi connectivity index (χ1) is 10.0. The Bertz CT molecular complexity index is 641. The maximum absolute atomic E-state index is 10.7. The van der Waals surface area contributed by atoms with Gasteiger partial charge in [0.05, 0.1) is 12.0 Å². The molecular weight excluding hydrogens is 270 g/mol. The fourth-order valence-electron chi connectivity index (χ4n) is 2.04. The summed E-state index contributed by atoms with van der Waals surface area (Å²) in [5.41, 5.74) is 7.55. The van der Waals surface area contributed by atoms with Gasteiger partial charge in [0.15, 0.2) is 0 Å². The Kier molecular flexibility index (Phi) is 4.27. The van der Waals surface area contributed by atoms with Gasteiger partial charge < -0.3 is 15.8 Å². The number of nitro benzene ring substituents is 1. The average Bonchev–Trinajstić information content (AvgIpc) is 2.47. The summed E-state index contributed by atoms with van der Waals surface area (Å²) < 4.78 is 5.12. The van der Waals surface area contributed by atoms with Gasteiger partial charge in [0.2, 0.25) is 0 Å². The molecule has 1 atom stereocenters. The maximum Gasteiger partial charge on any atom is 0.292 e. The minimum atomic E-state index is -0.494. The van der Waals surface area contributed by atoms with Crippen LogP contribution in [0.4, 0.5) is 17.1 Å². The van der Waals surface area contributed by atoms with E-state index in [-0.39, 0.29) is 17.4 Å². The number of benzene rings is 2. The molecule has 0 fully saturated rings. The van der Waals surface area contributed by atoms with Crippen LogP contribution in [0.15, 0.2) is 42.5 Å². The van der Waals surface area contributed by atoms with E-state index in [2.05, 4.69) is 5.32 Å². The van der Waals surface area contributed by atoms with Gasteiger partial charge in [0.1, 0.15) is 11.4 Å². The van der Waals surface area contributed by atoms with E-state index >= 15 is 0 Å². The second kappa shape index (κ2) is 6.13. The first-order valence-electron chi connectivity index (χ1n) is 6.45. The monoisotopic (exact) mass is 287 g/mol. The standard InChI is InChI=1S/C15H17N3O3/c1-10(11-3-6-13(21-2)7-4-11)17-12-5-8-15(18(19)20)14(16)9-12/h3-10,17H,16H2,1-2H3. The first kappa shape index (κ1) is 14.6. The number of ether oxygens (including phenoxy) is 1. The van der Waals surface area contributed by atoms with Crippen LogP contribution in [0.3, 0.4) is 0 Å². The summed E-state index contributed by atoms with van der Waals surface area (Å²) in [6.45, 7) is 2.00. The molecule has 0 aromatic heterocycles. The van der Waals surface area contributed by atoms with Gasteiger partial charge >= 0.3 is 0 Å². The highest BCUT2D eigenvalue weighted by Crippen LogP contribution is 2.27. The molecule has 1 unspecified atom stereocenters. The lowest BCUT2D eigenvalue weighted by Crippen LogP contribution is -2.07. The lowest BCUT2D eigenvalue weighted by molar-refractivity contribution is -0.383. The van der Waals surface area contributed by atoms with E-state index in [1.54, 1.807) is 19.2 Å². The van der Waals surface area contributed by atoms with E-state index in [0.29, 0.717) is 0 Å². The Balaban J connectivity index is 2.13. The molecular formula is C15H17N3O3. The van der Waals surface area contributed by atoms with Gasteiger partial charge in [-0.25, -0.2) is 0 Å². The normalized spacial score (nSPS) is 11.7. The Labute approximate surface area is 122 Å². The van der Waals surface area contributed by atoms with Crippen molar-refractivity contribution < 1.29 is 9.66 Å². The fraction of sp³-hybridized carbons (Fsp3) is 0.200. The van der Waals surface area contributed by atoms with Gasteiger partial charge in [-0.2, -0.15) is 0 Å². The van der Waals surface area contributed by atoms with Gasteiger partial charge in [-0.15, -0.1) is 0 Å². The van der Waals surface area contributed by atoms with Crippen LogP contribution in [-0.2, 0) is 0 Å². The van der Waals surface area contributed by atoms with Crippen molar-refractivity contribution in [1.82, 2.24) is 0 Å². The molecule has 0 saturated carbocycles. The van der Waals surface area contributed by atoms with E-state index in [0.717, 1.165) is 17.0 Å². The van der Waals surface area contributed by atoms with Crippen molar-refractivity contribution in [2.45, 2.75) is 13.0 Å². The largest absolute Gasteiger partial charge is 0.497 e. The molecule has 0 radical (unpaired) electrons. The van der Waals surface area contributed by atoms with Gasteiger partial charge in [-0.05, 0) is 36.8 Å². The summed E-state index contributed by atoms with van der Waals surface area (Å²) in [5.74, 6) is 0.797. The Morgan fingerprint density at radius 3 is 2.43 bits per heavy atom. The molecule has 2 aromatic carbocycles. The molecule has 0 aliphatic carbocycles. The van der Waals surface area contributed by atoms with Crippen LogP contribution in [0.25, 0.3) is 0 Å². The van der Waals surface area contributed by atoms with Crippen molar-refractivity contribution in [2.24, 2.45) is 0 Å². The van der Waals surface area contributed by atoms with E-state index < -0.39 is 4.92 Å². The number of nitrogens with zero attached hydrogens (tertiary/aromatic N) is 1. The zero-order valence-corrected chi connectivity index (χ0v) is 11.9. The summed E-state index contributed by atoms with van der Waals surface area (Å²) in [4.78, 5) is 10.2. The van der Waals surface area contributed by atoms with Crippen LogP contribution in [0.5, 0.6) is 5.75 Å². The predicted octanol–water partition coefficient (Wildman–Crippen LogP) is 3.36. The average molecular weight is 287 g/mol. The number of hydrogen-bond donors (Lipinski definition) is 2. The molecule has 0 aliphatic heterocycles. The maximum atomic E-state index is 10.7. The van der Waals surface area contributed by atoms with Crippen LogP contribution < -0.4 is 15.8 Å². The zero-order chi connectivity index (χ0) is 15.4. The number of methoxy groups -OCH3 is 1. The van der Waals surface area contributed by atoms with E-state index in [1.807, 2.05) is 31.2 Å². The number of anilines is 2. The quantitative estimate of drug-likeness (QED) is 0.500. The van der Waals surface area contributed by atoms with Crippen molar-refractivity contribution in [3.8, 4) is 5.75 Å². The van der Waals surface area contributed by atoms with E-state index in [4.69, 9.17) is 10.5 Å². The summed E-state index contributed by atoms with van der Waals surface area (Å²) >= 11 is 0. The molecule has 0 heterocycles. The molecule has 2 rings (SSSR count). The van der Waals surface area contributed by atoms with Gasteiger partial charge in [-0.3, -0.25) is 10.1 Å². The van der Waals surface area contributed by atoms with Crippen molar-refractivity contribution >= 4 is 17.1 Å². The molecule has 2 aromatic rings. The Morgan fingerprint density at radius 1 is 1.24 bits per heavy atom.